The van der Waals surface area contributed by atoms with Crippen LogP contribution in [-0.4, -0.2) is 11.6 Å². The highest BCUT2D eigenvalue weighted by Crippen LogP contribution is 2.47. The van der Waals surface area contributed by atoms with Crippen molar-refractivity contribution < 1.29 is 9.59 Å². The molecule has 1 aromatic carbocycles. The van der Waals surface area contributed by atoms with Crippen molar-refractivity contribution >= 4 is 62.0 Å². The second-order valence-electron chi connectivity index (χ2n) is 3.74. The van der Waals surface area contributed by atoms with Crippen LogP contribution in [-0.2, 0) is 0 Å². The van der Waals surface area contributed by atoms with Gasteiger partial charge in [0.1, 0.15) is 4.34 Å². The van der Waals surface area contributed by atoms with Gasteiger partial charge >= 0.3 is 0 Å². The van der Waals surface area contributed by atoms with Crippen LogP contribution in [0.15, 0.2) is 22.7 Å². The lowest BCUT2D eigenvalue weighted by Gasteiger charge is -2.14. The van der Waals surface area contributed by atoms with Crippen LogP contribution in [0.2, 0.25) is 9.36 Å². The monoisotopic (exact) mass is 360 g/mol. The summed E-state index contributed by atoms with van der Waals surface area (Å²) in [5.74, 6) is -1.03. The van der Waals surface area contributed by atoms with Crippen molar-refractivity contribution in [3.8, 4) is 11.1 Å². The van der Waals surface area contributed by atoms with E-state index < -0.39 is 11.6 Å². The molecule has 0 aliphatic heterocycles. The molecule has 0 spiro atoms. The standard InChI is InChI=1S/C12H3BrCl2O2S/c13-8-7-6-3-4(14)1-2-5(6)9(16)10(17)11(7)18-12(8)15/h1-3H. The van der Waals surface area contributed by atoms with E-state index >= 15 is 0 Å². The minimum atomic E-state index is -0.516. The van der Waals surface area contributed by atoms with Gasteiger partial charge in [0.25, 0.3) is 0 Å². The van der Waals surface area contributed by atoms with Crippen molar-refractivity contribution in [2.24, 2.45) is 0 Å². The van der Waals surface area contributed by atoms with E-state index in [9.17, 15) is 9.59 Å². The fraction of sp³-hybridized carbons (Fsp3) is 0. The number of ketones is 2. The predicted octanol–water partition coefficient (Wildman–Crippen LogP) is 4.86. The molecule has 0 amide bonds. The van der Waals surface area contributed by atoms with Crippen molar-refractivity contribution in [1.82, 2.24) is 0 Å². The van der Waals surface area contributed by atoms with Crippen LogP contribution >= 0.6 is 50.5 Å². The van der Waals surface area contributed by atoms with E-state index in [1.165, 1.54) is 0 Å². The number of Topliss-reactive ketones (excluding diaryl/α,β-unsaturated/α-hetero) is 2. The number of thiophene rings is 1. The van der Waals surface area contributed by atoms with E-state index in [4.69, 9.17) is 23.2 Å². The molecule has 1 heterocycles. The Morgan fingerprint density at radius 3 is 2.50 bits per heavy atom. The van der Waals surface area contributed by atoms with Crippen LogP contribution in [0, 0.1) is 0 Å². The smallest absolute Gasteiger partial charge is 0.244 e. The lowest BCUT2D eigenvalue weighted by Crippen LogP contribution is -2.19. The number of carbonyl (C=O) groups is 2. The highest BCUT2D eigenvalue weighted by molar-refractivity contribution is 9.10. The summed E-state index contributed by atoms with van der Waals surface area (Å²) in [6.07, 6.45) is 0. The highest BCUT2D eigenvalue weighted by atomic mass is 79.9. The van der Waals surface area contributed by atoms with Crippen LogP contribution in [0.25, 0.3) is 11.1 Å². The molecule has 0 unspecified atom stereocenters. The first-order chi connectivity index (χ1) is 8.50. The minimum Gasteiger partial charge on any atom is -0.285 e. The zero-order chi connectivity index (χ0) is 13.0. The Bertz CT molecular complexity index is 721. The third-order valence-electron chi connectivity index (χ3n) is 2.72. The van der Waals surface area contributed by atoms with Crippen LogP contribution in [0.1, 0.15) is 20.0 Å². The number of halogens is 3. The van der Waals surface area contributed by atoms with Gasteiger partial charge in [0, 0.05) is 16.1 Å². The molecule has 18 heavy (non-hydrogen) atoms. The van der Waals surface area contributed by atoms with Gasteiger partial charge in [-0.2, -0.15) is 0 Å². The molecular formula is C12H3BrCl2O2S. The first-order valence-electron chi connectivity index (χ1n) is 4.87. The topological polar surface area (TPSA) is 34.1 Å². The molecule has 1 aliphatic carbocycles. The summed E-state index contributed by atoms with van der Waals surface area (Å²) in [4.78, 5) is 24.3. The Morgan fingerprint density at radius 1 is 1.06 bits per heavy atom. The number of rotatable bonds is 0. The van der Waals surface area contributed by atoms with Gasteiger partial charge < -0.3 is 0 Å². The zero-order valence-corrected chi connectivity index (χ0v) is 12.5. The maximum Gasteiger partial charge on any atom is 0.244 e. The quantitative estimate of drug-likeness (QED) is 0.627. The molecule has 0 radical (unpaired) electrons. The van der Waals surface area contributed by atoms with Gasteiger partial charge in [0.2, 0.25) is 11.6 Å². The highest BCUT2D eigenvalue weighted by Gasteiger charge is 2.34. The lowest BCUT2D eigenvalue weighted by atomic mass is 9.89. The Labute approximate surface area is 125 Å². The van der Waals surface area contributed by atoms with Crippen molar-refractivity contribution in [2.45, 2.75) is 0 Å². The van der Waals surface area contributed by atoms with Gasteiger partial charge in [-0.1, -0.05) is 23.2 Å². The average Bonchev–Trinajstić information content (AvgIpc) is 2.63. The summed E-state index contributed by atoms with van der Waals surface area (Å²) in [5.41, 5.74) is 1.68. The summed E-state index contributed by atoms with van der Waals surface area (Å²) in [5, 5.41) is 0.510. The number of hydrogen-bond acceptors (Lipinski definition) is 3. The van der Waals surface area contributed by atoms with Crippen molar-refractivity contribution in [3.05, 3.63) is 42.5 Å². The molecule has 0 N–H and O–H groups in total. The van der Waals surface area contributed by atoms with E-state index in [0.29, 0.717) is 35.4 Å². The molecule has 90 valence electrons. The van der Waals surface area contributed by atoms with Crippen molar-refractivity contribution in [2.75, 3.05) is 0 Å². The molecule has 2 nitrogen and oxygen atoms in total. The summed E-state index contributed by atoms with van der Waals surface area (Å²) in [7, 11) is 0. The van der Waals surface area contributed by atoms with Crippen LogP contribution < -0.4 is 0 Å². The Kier molecular flexibility index (Phi) is 2.86. The van der Waals surface area contributed by atoms with Gasteiger partial charge in [0.15, 0.2) is 0 Å². The first kappa shape index (κ1) is 12.4. The molecule has 1 aromatic heterocycles. The third-order valence-corrected chi connectivity index (χ3v) is 5.64. The number of benzene rings is 1. The largest absolute Gasteiger partial charge is 0.285 e. The van der Waals surface area contributed by atoms with Crippen LogP contribution in [0.3, 0.4) is 0 Å². The summed E-state index contributed by atoms with van der Waals surface area (Å²) < 4.78 is 1.09. The third kappa shape index (κ3) is 1.60. The molecule has 0 saturated carbocycles. The van der Waals surface area contributed by atoms with Gasteiger partial charge in [-0.05, 0) is 39.7 Å². The second kappa shape index (κ2) is 4.17. The van der Waals surface area contributed by atoms with Gasteiger partial charge in [-0.15, -0.1) is 11.3 Å². The van der Waals surface area contributed by atoms with Crippen molar-refractivity contribution in [3.63, 3.8) is 0 Å². The van der Waals surface area contributed by atoms with E-state index in [1.807, 2.05) is 0 Å². The zero-order valence-electron chi connectivity index (χ0n) is 8.59. The Balaban J connectivity index is 2.44. The molecule has 6 heteroatoms. The second-order valence-corrected chi connectivity index (χ2v) is 6.59. The summed E-state index contributed by atoms with van der Waals surface area (Å²) >= 11 is 16.4. The fourth-order valence-corrected chi connectivity index (χ4v) is 4.08. The molecule has 0 saturated heterocycles. The molecule has 2 aromatic rings. The predicted molar refractivity (Wildman–Crippen MR) is 76.1 cm³/mol. The average molecular weight is 362 g/mol. The number of fused-ring (bicyclic) bond motifs is 3. The summed E-state index contributed by atoms with van der Waals surface area (Å²) in [6, 6.07) is 4.84. The SMILES string of the molecule is O=C1C(=O)c2sc(Cl)c(Br)c2-c2cc(Cl)ccc21. The molecule has 0 atom stereocenters. The number of carbonyl (C=O) groups excluding carboxylic acids is 2. The molecular weight excluding hydrogens is 359 g/mol. The van der Waals surface area contributed by atoms with E-state index in [0.717, 1.165) is 11.3 Å². The van der Waals surface area contributed by atoms with Gasteiger partial charge in [-0.25, -0.2) is 0 Å². The fourth-order valence-electron chi connectivity index (χ4n) is 1.93. The lowest BCUT2D eigenvalue weighted by molar-refractivity contribution is 0.0818. The molecule has 0 fully saturated rings. The maximum atomic E-state index is 12.0. The van der Waals surface area contributed by atoms with Gasteiger partial charge in [0.05, 0.1) is 9.35 Å². The van der Waals surface area contributed by atoms with Gasteiger partial charge in [-0.3, -0.25) is 9.59 Å². The Hall–Kier alpha value is -0.680. The number of hydrogen-bond donors (Lipinski definition) is 0. The first-order valence-corrected chi connectivity index (χ1v) is 7.24. The molecule has 0 bridgehead atoms. The summed E-state index contributed by atoms with van der Waals surface area (Å²) in [6.45, 7) is 0. The van der Waals surface area contributed by atoms with Crippen LogP contribution in [0.4, 0.5) is 0 Å². The Morgan fingerprint density at radius 2 is 1.78 bits per heavy atom. The van der Waals surface area contributed by atoms with E-state index in [1.54, 1.807) is 18.2 Å². The van der Waals surface area contributed by atoms with E-state index in [2.05, 4.69) is 15.9 Å². The minimum absolute atomic E-state index is 0.367. The van der Waals surface area contributed by atoms with Crippen LogP contribution in [0.5, 0.6) is 0 Å². The van der Waals surface area contributed by atoms with E-state index in [-0.39, 0.29) is 0 Å². The molecule has 3 rings (SSSR count). The normalized spacial score (nSPS) is 13.5. The maximum absolute atomic E-state index is 12.0. The molecule has 1 aliphatic rings. The van der Waals surface area contributed by atoms with Crippen molar-refractivity contribution in [1.29, 1.82) is 0 Å².